The normalized spacial score (nSPS) is 9.31. The van der Waals surface area contributed by atoms with Gasteiger partial charge in [0.2, 0.25) is 0 Å². The first kappa shape index (κ1) is 9.85. The minimum absolute atomic E-state index is 0.0252. The van der Waals surface area contributed by atoms with Gasteiger partial charge >= 0.3 is 0 Å². The van der Waals surface area contributed by atoms with Crippen molar-refractivity contribution in [3.8, 4) is 6.07 Å². The van der Waals surface area contributed by atoms with Crippen LogP contribution in [0.3, 0.4) is 0 Å². The van der Waals surface area contributed by atoms with E-state index in [0.717, 1.165) is 0 Å². The van der Waals surface area contributed by atoms with Gasteiger partial charge in [0.1, 0.15) is 6.07 Å². The summed E-state index contributed by atoms with van der Waals surface area (Å²) in [7, 11) is 0. The molecule has 1 rings (SSSR count). The van der Waals surface area contributed by atoms with E-state index >= 15 is 0 Å². The molecule has 68 valence electrons. The number of hydrogen-bond acceptors (Lipinski definition) is 3. The Balaban J connectivity index is 2.93. The Morgan fingerprint density at radius 2 is 2.31 bits per heavy atom. The molecule has 0 amide bonds. The summed E-state index contributed by atoms with van der Waals surface area (Å²) in [6, 6.07) is 7.16. The summed E-state index contributed by atoms with van der Waals surface area (Å²) >= 11 is 5.78. The van der Waals surface area contributed by atoms with E-state index in [1.165, 1.54) is 0 Å². The fraction of sp³-hybridized carbons (Fsp3) is 0.222. The molecule has 0 aliphatic heterocycles. The molecule has 0 atom stereocenters. The number of nitrogens with one attached hydrogen (secondary N) is 1. The van der Waals surface area contributed by atoms with Gasteiger partial charge in [-0.25, -0.2) is 0 Å². The highest BCUT2D eigenvalue weighted by molar-refractivity contribution is 6.32. The van der Waals surface area contributed by atoms with E-state index in [1.807, 2.05) is 6.07 Å². The van der Waals surface area contributed by atoms with Crippen molar-refractivity contribution in [2.24, 2.45) is 0 Å². The molecule has 0 unspecified atom stereocenters. The maximum Gasteiger partial charge on any atom is 0.103 e. The quantitative estimate of drug-likeness (QED) is 0.773. The lowest BCUT2D eigenvalue weighted by Crippen LogP contribution is -2.06. The maximum absolute atomic E-state index is 8.76. The summed E-state index contributed by atoms with van der Waals surface area (Å²) in [5, 5.41) is 20.7. The molecular formula is C9H9ClN2O. The van der Waals surface area contributed by atoms with Gasteiger partial charge in [-0.05, 0) is 12.1 Å². The largest absolute Gasteiger partial charge is 0.395 e. The third-order valence-electron chi connectivity index (χ3n) is 1.55. The van der Waals surface area contributed by atoms with Gasteiger partial charge in [0.25, 0.3) is 0 Å². The highest BCUT2D eigenvalue weighted by atomic mass is 35.5. The molecule has 1 aromatic carbocycles. The van der Waals surface area contributed by atoms with E-state index in [0.29, 0.717) is 22.8 Å². The third-order valence-corrected chi connectivity index (χ3v) is 1.87. The molecule has 0 heterocycles. The van der Waals surface area contributed by atoms with Crippen LogP contribution in [0.1, 0.15) is 5.56 Å². The van der Waals surface area contributed by atoms with Gasteiger partial charge in [0.05, 0.1) is 22.9 Å². The molecule has 0 aromatic heterocycles. The van der Waals surface area contributed by atoms with Gasteiger partial charge in [0.15, 0.2) is 0 Å². The van der Waals surface area contributed by atoms with Crippen molar-refractivity contribution in [3.63, 3.8) is 0 Å². The first-order valence-corrected chi connectivity index (χ1v) is 4.20. The van der Waals surface area contributed by atoms with Crippen molar-refractivity contribution in [1.82, 2.24) is 0 Å². The number of rotatable bonds is 3. The molecule has 0 aliphatic carbocycles. The number of nitrogens with zero attached hydrogens (tertiary/aromatic N) is 1. The minimum Gasteiger partial charge on any atom is -0.395 e. The van der Waals surface area contributed by atoms with Gasteiger partial charge < -0.3 is 10.4 Å². The highest BCUT2D eigenvalue weighted by Gasteiger charge is 2.04. The van der Waals surface area contributed by atoms with Crippen molar-refractivity contribution >= 4 is 17.3 Å². The summed E-state index contributed by atoms with van der Waals surface area (Å²) in [6.07, 6.45) is 0. The van der Waals surface area contributed by atoms with Crippen LogP contribution in [0.2, 0.25) is 5.02 Å². The summed E-state index contributed by atoms with van der Waals surface area (Å²) in [6.45, 7) is 0.437. The van der Waals surface area contributed by atoms with E-state index in [9.17, 15) is 0 Å². The average molecular weight is 197 g/mol. The number of anilines is 1. The third kappa shape index (κ3) is 2.35. The van der Waals surface area contributed by atoms with Crippen LogP contribution in [-0.2, 0) is 0 Å². The van der Waals surface area contributed by atoms with E-state index in [-0.39, 0.29) is 6.61 Å². The molecule has 0 bridgehead atoms. The second-order valence-corrected chi connectivity index (χ2v) is 2.83. The zero-order chi connectivity index (χ0) is 9.68. The lowest BCUT2D eigenvalue weighted by molar-refractivity contribution is 0.311. The molecule has 13 heavy (non-hydrogen) atoms. The number of halogens is 1. The van der Waals surface area contributed by atoms with Gasteiger partial charge in [-0.1, -0.05) is 17.7 Å². The standard InChI is InChI=1S/C9H9ClN2O/c10-8-2-1-3-9(7(8)6-11)12-4-5-13/h1-3,12-13H,4-5H2. The van der Waals surface area contributed by atoms with E-state index in [1.54, 1.807) is 18.2 Å². The Morgan fingerprint density at radius 1 is 1.54 bits per heavy atom. The molecule has 0 radical (unpaired) electrons. The van der Waals surface area contributed by atoms with Crippen molar-refractivity contribution in [1.29, 1.82) is 5.26 Å². The zero-order valence-electron chi connectivity index (χ0n) is 6.92. The fourth-order valence-electron chi connectivity index (χ4n) is 0.976. The molecule has 0 spiro atoms. The average Bonchev–Trinajstić information content (AvgIpc) is 2.15. The number of nitriles is 1. The van der Waals surface area contributed by atoms with Gasteiger partial charge in [-0.15, -0.1) is 0 Å². The number of aliphatic hydroxyl groups excluding tert-OH is 1. The van der Waals surface area contributed by atoms with Crippen LogP contribution in [0.4, 0.5) is 5.69 Å². The second kappa shape index (κ2) is 4.70. The first-order valence-electron chi connectivity index (χ1n) is 3.83. The van der Waals surface area contributed by atoms with Crippen molar-refractivity contribution in [2.75, 3.05) is 18.5 Å². The summed E-state index contributed by atoms with van der Waals surface area (Å²) in [4.78, 5) is 0. The Labute approximate surface area is 81.6 Å². The molecule has 0 fully saturated rings. The van der Waals surface area contributed by atoms with Crippen molar-refractivity contribution < 1.29 is 5.11 Å². The van der Waals surface area contributed by atoms with E-state index < -0.39 is 0 Å². The van der Waals surface area contributed by atoms with E-state index in [2.05, 4.69) is 5.32 Å². The lowest BCUT2D eigenvalue weighted by atomic mass is 10.2. The predicted molar refractivity (Wildman–Crippen MR) is 51.7 cm³/mol. The molecule has 0 aliphatic rings. The SMILES string of the molecule is N#Cc1c(Cl)cccc1NCCO. The molecule has 1 aromatic rings. The Kier molecular flexibility index (Phi) is 3.56. The van der Waals surface area contributed by atoms with Gasteiger partial charge in [-0.3, -0.25) is 0 Å². The second-order valence-electron chi connectivity index (χ2n) is 2.42. The molecule has 0 saturated carbocycles. The maximum atomic E-state index is 8.76. The Hall–Kier alpha value is -1.24. The Bertz CT molecular complexity index is 333. The molecule has 3 nitrogen and oxygen atoms in total. The van der Waals surface area contributed by atoms with Crippen LogP contribution >= 0.6 is 11.6 Å². The smallest absolute Gasteiger partial charge is 0.103 e. The topological polar surface area (TPSA) is 56.0 Å². The summed E-state index contributed by atoms with van der Waals surface area (Å²) < 4.78 is 0. The zero-order valence-corrected chi connectivity index (χ0v) is 7.67. The van der Waals surface area contributed by atoms with Crippen LogP contribution in [0, 0.1) is 11.3 Å². The minimum atomic E-state index is 0.0252. The van der Waals surface area contributed by atoms with Crippen LogP contribution in [0.5, 0.6) is 0 Å². The lowest BCUT2D eigenvalue weighted by Gasteiger charge is -2.06. The molecule has 2 N–H and O–H groups in total. The number of aliphatic hydroxyl groups is 1. The Morgan fingerprint density at radius 3 is 2.92 bits per heavy atom. The number of benzene rings is 1. The molecule has 4 heteroatoms. The summed E-state index contributed by atoms with van der Waals surface area (Å²) in [5.74, 6) is 0. The predicted octanol–water partition coefficient (Wildman–Crippen LogP) is 1.62. The van der Waals surface area contributed by atoms with Crippen molar-refractivity contribution in [3.05, 3.63) is 28.8 Å². The van der Waals surface area contributed by atoms with E-state index in [4.69, 9.17) is 22.0 Å². The van der Waals surface area contributed by atoms with Crippen LogP contribution in [-0.4, -0.2) is 18.3 Å². The molecular weight excluding hydrogens is 188 g/mol. The van der Waals surface area contributed by atoms with Crippen molar-refractivity contribution in [2.45, 2.75) is 0 Å². The first-order chi connectivity index (χ1) is 6.29. The fourth-order valence-corrected chi connectivity index (χ4v) is 1.19. The summed E-state index contributed by atoms with van der Waals surface area (Å²) in [5.41, 5.74) is 1.07. The van der Waals surface area contributed by atoms with Gasteiger partial charge in [0, 0.05) is 6.54 Å². The van der Waals surface area contributed by atoms with Crippen LogP contribution < -0.4 is 5.32 Å². The van der Waals surface area contributed by atoms with Crippen LogP contribution in [0.15, 0.2) is 18.2 Å². The van der Waals surface area contributed by atoms with Gasteiger partial charge in [-0.2, -0.15) is 5.26 Å². The molecule has 0 saturated heterocycles. The highest BCUT2D eigenvalue weighted by Crippen LogP contribution is 2.22. The number of hydrogen-bond donors (Lipinski definition) is 2. The van der Waals surface area contributed by atoms with Crippen LogP contribution in [0.25, 0.3) is 0 Å². The monoisotopic (exact) mass is 196 g/mol.